The van der Waals surface area contributed by atoms with E-state index in [1.54, 1.807) is 12.1 Å². The second kappa shape index (κ2) is 9.97. The van der Waals surface area contributed by atoms with Crippen LogP contribution in [0.2, 0.25) is 5.02 Å². The van der Waals surface area contributed by atoms with Gasteiger partial charge in [-0.25, -0.2) is 0 Å². The van der Waals surface area contributed by atoms with Crippen LogP contribution in [0, 0.1) is 10.1 Å². The Morgan fingerprint density at radius 2 is 1.93 bits per heavy atom. The van der Waals surface area contributed by atoms with Gasteiger partial charge >= 0.3 is 0 Å². The van der Waals surface area contributed by atoms with Crippen molar-refractivity contribution in [1.82, 2.24) is 0 Å². The van der Waals surface area contributed by atoms with Crippen LogP contribution in [0.5, 0.6) is 5.75 Å². The average molecular weight is 419 g/mol. The molecule has 0 saturated carbocycles. The number of ether oxygens (including phenoxy) is 1. The molecule has 0 aliphatic heterocycles. The molecule has 0 radical (unpaired) electrons. The van der Waals surface area contributed by atoms with Gasteiger partial charge in [-0.15, -0.1) is 0 Å². The largest absolute Gasteiger partial charge is 0.494 e. The van der Waals surface area contributed by atoms with Gasteiger partial charge in [0.15, 0.2) is 0 Å². The molecule has 0 heterocycles. The van der Waals surface area contributed by atoms with Crippen molar-refractivity contribution in [1.29, 1.82) is 0 Å². The summed E-state index contributed by atoms with van der Waals surface area (Å²) in [5.74, 6) is 0.894. The Kier molecular flexibility index (Phi) is 7.91. The van der Waals surface area contributed by atoms with Gasteiger partial charge in [-0.2, -0.15) is 0 Å². The molecule has 0 amide bonds. The van der Waals surface area contributed by atoms with Gasteiger partial charge in [-0.05, 0) is 54.7 Å². The van der Waals surface area contributed by atoms with Crippen LogP contribution < -0.4 is 10.1 Å². The highest BCUT2D eigenvalue weighted by Gasteiger charge is 2.27. The first-order valence-electron chi connectivity index (χ1n) is 10.1. The highest BCUT2D eigenvalue weighted by atomic mass is 35.5. The first-order chi connectivity index (χ1) is 13.7. The Morgan fingerprint density at radius 3 is 2.55 bits per heavy atom. The number of anilines is 1. The van der Waals surface area contributed by atoms with Crippen molar-refractivity contribution in [3.05, 3.63) is 62.7 Å². The Hall–Kier alpha value is -2.27. The number of halogens is 1. The van der Waals surface area contributed by atoms with Crippen molar-refractivity contribution in [2.75, 3.05) is 18.5 Å². The Bertz CT molecular complexity index is 852. The summed E-state index contributed by atoms with van der Waals surface area (Å²) in [4.78, 5) is 11.1. The standard InChI is InChI=1S/C23H31ClN2O3/c1-6-8-16(3)19-13-17(24)9-11-20(19)23(4,5)15-25-21-12-10-18(29-7-2)14-22(21)26(27)28/h9-14,16,25H,6-8,15H2,1-5H3. The van der Waals surface area contributed by atoms with E-state index in [-0.39, 0.29) is 16.0 Å². The summed E-state index contributed by atoms with van der Waals surface area (Å²) in [6, 6.07) is 11.0. The number of benzene rings is 2. The molecule has 158 valence electrons. The number of hydrogen-bond donors (Lipinski definition) is 1. The maximum atomic E-state index is 11.5. The lowest BCUT2D eigenvalue weighted by Crippen LogP contribution is -2.29. The summed E-state index contributed by atoms with van der Waals surface area (Å²) in [6.45, 7) is 11.6. The normalized spacial score (nSPS) is 12.5. The van der Waals surface area contributed by atoms with Gasteiger partial charge in [0.2, 0.25) is 0 Å². The molecule has 2 rings (SSSR count). The van der Waals surface area contributed by atoms with Crippen LogP contribution in [-0.4, -0.2) is 18.1 Å². The summed E-state index contributed by atoms with van der Waals surface area (Å²) in [5, 5.41) is 15.5. The van der Waals surface area contributed by atoms with E-state index in [4.69, 9.17) is 16.3 Å². The molecule has 1 unspecified atom stereocenters. The fraction of sp³-hybridized carbons (Fsp3) is 0.478. The topological polar surface area (TPSA) is 64.4 Å². The van der Waals surface area contributed by atoms with Crippen molar-refractivity contribution < 1.29 is 9.66 Å². The Labute approximate surface area is 178 Å². The number of hydrogen-bond acceptors (Lipinski definition) is 4. The second-order valence-electron chi connectivity index (χ2n) is 8.03. The molecular weight excluding hydrogens is 388 g/mol. The third kappa shape index (κ3) is 5.86. The van der Waals surface area contributed by atoms with Crippen molar-refractivity contribution in [3.8, 4) is 5.75 Å². The van der Waals surface area contributed by atoms with Crippen molar-refractivity contribution in [2.24, 2.45) is 0 Å². The molecule has 1 atom stereocenters. The number of rotatable bonds is 10. The molecule has 29 heavy (non-hydrogen) atoms. The first-order valence-corrected chi connectivity index (χ1v) is 10.5. The highest BCUT2D eigenvalue weighted by molar-refractivity contribution is 6.30. The fourth-order valence-electron chi connectivity index (χ4n) is 3.63. The minimum absolute atomic E-state index is 0.0161. The van der Waals surface area contributed by atoms with E-state index in [0.717, 1.165) is 17.9 Å². The predicted molar refractivity (Wildman–Crippen MR) is 121 cm³/mol. The van der Waals surface area contributed by atoms with E-state index in [1.165, 1.54) is 17.2 Å². The van der Waals surface area contributed by atoms with E-state index in [0.29, 0.717) is 30.5 Å². The van der Waals surface area contributed by atoms with Crippen LogP contribution in [-0.2, 0) is 5.41 Å². The molecule has 2 aromatic rings. The molecule has 0 aliphatic carbocycles. The minimum Gasteiger partial charge on any atom is -0.494 e. The molecule has 6 heteroatoms. The predicted octanol–water partition coefficient (Wildman–Crippen LogP) is 6.94. The molecule has 5 nitrogen and oxygen atoms in total. The summed E-state index contributed by atoms with van der Waals surface area (Å²) in [5.41, 5.74) is 2.72. The summed E-state index contributed by atoms with van der Waals surface area (Å²) in [7, 11) is 0. The maximum absolute atomic E-state index is 11.5. The number of nitrogens with zero attached hydrogens (tertiary/aromatic N) is 1. The van der Waals surface area contributed by atoms with E-state index in [2.05, 4.69) is 45.1 Å². The molecule has 0 aromatic heterocycles. The van der Waals surface area contributed by atoms with Crippen molar-refractivity contribution in [3.63, 3.8) is 0 Å². The van der Waals surface area contributed by atoms with Crippen LogP contribution in [0.25, 0.3) is 0 Å². The molecule has 0 saturated heterocycles. The zero-order chi connectivity index (χ0) is 21.6. The van der Waals surface area contributed by atoms with Crippen LogP contribution in [0.4, 0.5) is 11.4 Å². The monoisotopic (exact) mass is 418 g/mol. The molecule has 1 N–H and O–H groups in total. The number of nitrogens with one attached hydrogen (secondary N) is 1. The lowest BCUT2D eigenvalue weighted by atomic mass is 9.78. The molecular formula is C23H31ClN2O3. The minimum atomic E-state index is -0.380. The van der Waals surface area contributed by atoms with Gasteiger partial charge in [-0.1, -0.05) is 51.8 Å². The molecule has 2 aromatic carbocycles. The van der Waals surface area contributed by atoms with Crippen LogP contribution in [0.15, 0.2) is 36.4 Å². The average Bonchev–Trinajstić information content (AvgIpc) is 2.67. The van der Waals surface area contributed by atoms with Crippen LogP contribution in [0.1, 0.15) is 64.5 Å². The van der Waals surface area contributed by atoms with Gasteiger partial charge in [0.1, 0.15) is 11.4 Å². The van der Waals surface area contributed by atoms with Gasteiger partial charge in [0.25, 0.3) is 5.69 Å². The zero-order valence-electron chi connectivity index (χ0n) is 17.9. The SMILES string of the molecule is CCCC(C)c1cc(Cl)ccc1C(C)(C)CNc1ccc(OCC)cc1[N+](=O)[O-]. The van der Waals surface area contributed by atoms with E-state index >= 15 is 0 Å². The number of nitro groups is 1. The quantitative estimate of drug-likeness (QED) is 0.335. The maximum Gasteiger partial charge on any atom is 0.296 e. The molecule has 0 bridgehead atoms. The van der Waals surface area contributed by atoms with E-state index in [1.807, 2.05) is 13.0 Å². The first kappa shape index (κ1) is 23.0. The van der Waals surface area contributed by atoms with E-state index in [9.17, 15) is 10.1 Å². The van der Waals surface area contributed by atoms with Crippen LogP contribution >= 0.6 is 11.6 Å². The Morgan fingerprint density at radius 1 is 1.21 bits per heavy atom. The van der Waals surface area contributed by atoms with Crippen molar-refractivity contribution >= 4 is 23.0 Å². The van der Waals surface area contributed by atoms with E-state index < -0.39 is 0 Å². The Balaban J connectivity index is 2.30. The van der Waals surface area contributed by atoms with Gasteiger partial charge < -0.3 is 10.1 Å². The van der Waals surface area contributed by atoms with Gasteiger partial charge in [-0.3, -0.25) is 10.1 Å². The number of nitro benzene ring substituents is 1. The molecule has 0 aliphatic rings. The van der Waals surface area contributed by atoms with Gasteiger partial charge in [0.05, 0.1) is 17.6 Å². The lowest BCUT2D eigenvalue weighted by Gasteiger charge is -2.30. The lowest BCUT2D eigenvalue weighted by molar-refractivity contribution is -0.384. The highest BCUT2D eigenvalue weighted by Crippen LogP contribution is 2.36. The van der Waals surface area contributed by atoms with Crippen LogP contribution in [0.3, 0.4) is 0 Å². The third-order valence-electron chi connectivity index (χ3n) is 5.19. The van der Waals surface area contributed by atoms with Gasteiger partial charge in [0, 0.05) is 17.0 Å². The fourth-order valence-corrected chi connectivity index (χ4v) is 3.81. The summed E-state index contributed by atoms with van der Waals surface area (Å²) in [6.07, 6.45) is 2.19. The second-order valence-corrected chi connectivity index (χ2v) is 8.46. The summed E-state index contributed by atoms with van der Waals surface area (Å²) >= 11 is 6.28. The molecule has 0 spiro atoms. The van der Waals surface area contributed by atoms with Crippen molar-refractivity contribution in [2.45, 2.75) is 58.8 Å². The summed E-state index contributed by atoms with van der Waals surface area (Å²) < 4.78 is 5.40. The third-order valence-corrected chi connectivity index (χ3v) is 5.43. The zero-order valence-corrected chi connectivity index (χ0v) is 18.7. The molecule has 0 fully saturated rings. The smallest absolute Gasteiger partial charge is 0.296 e.